The predicted octanol–water partition coefficient (Wildman–Crippen LogP) is -0.101. The van der Waals surface area contributed by atoms with Gasteiger partial charge in [0, 0.05) is 12.3 Å². The van der Waals surface area contributed by atoms with E-state index in [4.69, 9.17) is 10.2 Å². The molecule has 1 rings (SSSR count). The van der Waals surface area contributed by atoms with Gasteiger partial charge in [0.15, 0.2) is 5.75 Å². The predicted molar refractivity (Wildman–Crippen MR) is 40.8 cm³/mol. The van der Waals surface area contributed by atoms with Crippen molar-refractivity contribution in [1.82, 2.24) is 4.98 Å². The van der Waals surface area contributed by atoms with Gasteiger partial charge in [-0.3, -0.25) is 4.79 Å². The molecule has 0 fully saturated rings. The lowest BCUT2D eigenvalue weighted by Gasteiger charge is -1.90. The number of H-pyrrole nitrogens is 1. The summed E-state index contributed by atoms with van der Waals surface area (Å²) in [6.45, 7) is 0. The minimum Gasteiger partial charge on any atom is -0.504 e. The van der Waals surface area contributed by atoms with Crippen LogP contribution >= 0.6 is 13.5 Å². The Morgan fingerprint density at radius 3 is 2.40 bits per heavy atom. The van der Waals surface area contributed by atoms with Gasteiger partial charge in [-0.2, -0.15) is 13.5 Å². The van der Waals surface area contributed by atoms with Crippen molar-refractivity contribution in [3.8, 4) is 11.5 Å². The zero-order valence-corrected chi connectivity index (χ0v) is 5.96. The maximum atomic E-state index is 10.4. The molecule has 1 aromatic heterocycles. The van der Waals surface area contributed by atoms with E-state index in [9.17, 15) is 4.79 Å². The van der Waals surface area contributed by atoms with Crippen molar-refractivity contribution in [3.05, 3.63) is 22.6 Å². The molecule has 0 aliphatic rings. The highest BCUT2D eigenvalue weighted by Gasteiger charge is 1.99. The largest absolute Gasteiger partial charge is 0.504 e. The number of aromatic hydroxyl groups is 2. The Bertz CT molecular complexity index is 270. The van der Waals surface area contributed by atoms with Crippen LogP contribution in [-0.2, 0) is 0 Å². The molecule has 0 unspecified atom stereocenters. The second-order valence-electron chi connectivity index (χ2n) is 1.54. The third-order valence-electron chi connectivity index (χ3n) is 0.913. The first-order chi connectivity index (χ1) is 4.22. The van der Waals surface area contributed by atoms with E-state index < -0.39 is 17.1 Å². The van der Waals surface area contributed by atoms with Crippen LogP contribution in [0.25, 0.3) is 0 Å². The third-order valence-corrected chi connectivity index (χ3v) is 0.913. The summed E-state index contributed by atoms with van der Waals surface area (Å²) in [5, 5.41) is 17.2. The summed E-state index contributed by atoms with van der Waals surface area (Å²) in [6.07, 6.45) is 1.25. The van der Waals surface area contributed by atoms with Crippen LogP contribution in [0, 0.1) is 0 Å². The van der Waals surface area contributed by atoms with E-state index in [-0.39, 0.29) is 13.5 Å². The van der Waals surface area contributed by atoms with Crippen molar-refractivity contribution in [2.75, 3.05) is 0 Å². The average molecular weight is 161 g/mol. The first-order valence-electron chi connectivity index (χ1n) is 2.31. The van der Waals surface area contributed by atoms with Crippen molar-refractivity contribution in [2.24, 2.45) is 0 Å². The molecule has 3 N–H and O–H groups in total. The van der Waals surface area contributed by atoms with Gasteiger partial charge in [-0.1, -0.05) is 0 Å². The van der Waals surface area contributed by atoms with Crippen LogP contribution in [0.2, 0.25) is 0 Å². The fourth-order valence-corrected chi connectivity index (χ4v) is 0.460. The number of nitrogens with one attached hydrogen (secondary N) is 1. The van der Waals surface area contributed by atoms with Crippen LogP contribution in [0.3, 0.4) is 0 Å². The smallest absolute Gasteiger partial charge is 0.294 e. The van der Waals surface area contributed by atoms with E-state index >= 15 is 0 Å². The van der Waals surface area contributed by atoms with Gasteiger partial charge in [0.2, 0.25) is 5.75 Å². The van der Waals surface area contributed by atoms with Crippen molar-refractivity contribution in [2.45, 2.75) is 0 Å². The van der Waals surface area contributed by atoms with Crippen LogP contribution in [0.15, 0.2) is 17.1 Å². The Balaban J connectivity index is 0.000000810. The zero-order valence-electron chi connectivity index (χ0n) is 4.96. The quantitative estimate of drug-likeness (QED) is 0.497. The maximum absolute atomic E-state index is 10.4. The van der Waals surface area contributed by atoms with E-state index in [1.807, 2.05) is 0 Å². The lowest BCUT2D eigenvalue weighted by atomic mass is 10.4. The van der Waals surface area contributed by atoms with E-state index in [0.29, 0.717) is 0 Å². The monoisotopic (exact) mass is 161 g/mol. The number of aromatic amines is 1. The molecule has 0 bridgehead atoms. The van der Waals surface area contributed by atoms with E-state index in [2.05, 4.69) is 4.98 Å². The molecule has 56 valence electrons. The van der Waals surface area contributed by atoms with Gasteiger partial charge in [0.25, 0.3) is 5.56 Å². The molecule has 0 spiro atoms. The summed E-state index contributed by atoms with van der Waals surface area (Å²) in [7, 11) is 0. The molecule has 0 radical (unpaired) electrons. The Morgan fingerprint density at radius 1 is 1.40 bits per heavy atom. The van der Waals surface area contributed by atoms with Gasteiger partial charge in [-0.15, -0.1) is 0 Å². The van der Waals surface area contributed by atoms with Crippen LogP contribution in [0.1, 0.15) is 0 Å². The molecule has 1 heterocycles. The molecule has 5 heteroatoms. The van der Waals surface area contributed by atoms with Gasteiger partial charge in [-0.05, 0) is 0 Å². The minimum absolute atomic E-state index is 0. The highest BCUT2D eigenvalue weighted by Crippen LogP contribution is 2.15. The molecule has 10 heavy (non-hydrogen) atoms. The summed E-state index contributed by atoms with van der Waals surface area (Å²) in [5.74, 6) is -1.05. The molecule has 0 aliphatic carbocycles. The van der Waals surface area contributed by atoms with Crippen molar-refractivity contribution in [3.63, 3.8) is 0 Å². The fraction of sp³-hybridized carbons (Fsp3) is 0. The van der Waals surface area contributed by atoms with Crippen molar-refractivity contribution < 1.29 is 10.2 Å². The first-order valence-corrected chi connectivity index (χ1v) is 2.31. The summed E-state index contributed by atoms with van der Waals surface area (Å²) < 4.78 is 0. The lowest BCUT2D eigenvalue weighted by Crippen LogP contribution is -2.02. The van der Waals surface area contributed by atoms with E-state index in [1.54, 1.807) is 0 Å². The maximum Gasteiger partial charge on any atom is 0.294 e. The Labute approximate surface area is 63.6 Å². The summed E-state index contributed by atoms with van der Waals surface area (Å²) in [4.78, 5) is 12.5. The summed E-state index contributed by atoms with van der Waals surface area (Å²) >= 11 is 0. The van der Waals surface area contributed by atoms with Gasteiger partial charge < -0.3 is 15.2 Å². The Kier molecular flexibility index (Phi) is 2.82. The van der Waals surface area contributed by atoms with E-state index in [0.717, 1.165) is 0 Å². The highest BCUT2D eigenvalue weighted by atomic mass is 32.1. The zero-order chi connectivity index (χ0) is 6.85. The minimum atomic E-state index is -0.685. The average Bonchev–Trinajstić information content (AvgIpc) is 1.83. The van der Waals surface area contributed by atoms with Crippen LogP contribution in [0.5, 0.6) is 11.5 Å². The van der Waals surface area contributed by atoms with Crippen LogP contribution in [0.4, 0.5) is 0 Å². The van der Waals surface area contributed by atoms with Gasteiger partial charge in [0.05, 0.1) is 0 Å². The number of aromatic nitrogens is 1. The highest BCUT2D eigenvalue weighted by molar-refractivity contribution is 7.59. The Morgan fingerprint density at radius 2 is 2.00 bits per heavy atom. The molecule has 1 aromatic rings. The molecule has 0 amide bonds. The summed E-state index contributed by atoms with van der Waals surface area (Å²) in [6, 6.07) is 1.19. The first kappa shape index (κ1) is 8.90. The van der Waals surface area contributed by atoms with E-state index in [1.165, 1.54) is 12.3 Å². The molecule has 4 nitrogen and oxygen atoms in total. The second-order valence-corrected chi connectivity index (χ2v) is 1.54. The van der Waals surface area contributed by atoms with Crippen molar-refractivity contribution in [1.29, 1.82) is 0 Å². The Hall–Kier alpha value is -1.10. The molecule has 0 saturated carbocycles. The topological polar surface area (TPSA) is 73.3 Å². The van der Waals surface area contributed by atoms with Gasteiger partial charge in [0.1, 0.15) is 0 Å². The number of pyridine rings is 1. The van der Waals surface area contributed by atoms with Gasteiger partial charge >= 0.3 is 0 Å². The number of rotatable bonds is 0. The van der Waals surface area contributed by atoms with Crippen molar-refractivity contribution >= 4 is 13.5 Å². The molecular formula is C5H7NO3S. The normalized spacial score (nSPS) is 8.40. The SMILES string of the molecule is O=c1[nH]ccc(O)c1O.S. The number of hydrogen-bond donors (Lipinski definition) is 3. The lowest BCUT2D eigenvalue weighted by molar-refractivity contribution is 0.397. The van der Waals surface area contributed by atoms with Crippen LogP contribution in [-0.4, -0.2) is 15.2 Å². The molecule has 0 atom stereocenters. The second kappa shape index (κ2) is 3.17. The standard InChI is InChI=1S/C5H5NO3.H2S/c7-3-1-2-6-5(9)4(3)8;/h1-2,8H,(H2,6,7,9);1H2. The molecule has 0 aliphatic heterocycles. The number of hydrogen-bond acceptors (Lipinski definition) is 3. The summed E-state index contributed by atoms with van der Waals surface area (Å²) in [5.41, 5.74) is -0.685. The third kappa shape index (κ3) is 1.44. The molecular weight excluding hydrogens is 154 g/mol. The molecule has 0 saturated heterocycles. The fourth-order valence-electron chi connectivity index (χ4n) is 0.460. The molecule has 0 aromatic carbocycles. The van der Waals surface area contributed by atoms with Crippen LogP contribution < -0.4 is 5.56 Å². The van der Waals surface area contributed by atoms with Gasteiger partial charge in [-0.25, -0.2) is 0 Å².